The number of amides is 1. The first-order chi connectivity index (χ1) is 13.6. The predicted octanol–water partition coefficient (Wildman–Crippen LogP) is 3.22. The first-order valence-electron chi connectivity index (χ1n) is 9.70. The van der Waals surface area contributed by atoms with Gasteiger partial charge in [-0.15, -0.1) is 0 Å². The van der Waals surface area contributed by atoms with E-state index < -0.39 is 0 Å². The van der Waals surface area contributed by atoms with Crippen molar-refractivity contribution >= 4 is 5.91 Å². The van der Waals surface area contributed by atoms with E-state index in [1.54, 1.807) is 6.07 Å². The van der Waals surface area contributed by atoms with E-state index in [0.29, 0.717) is 24.3 Å². The Morgan fingerprint density at radius 1 is 1.21 bits per heavy atom. The number of carbonyl (C=O) groups excluding carboxylic acids is 1. The molecule has 148 valence electrons. The molecule has 2 heterocycles. The maximum absolute atomic E-state index is 14.0. The van der Waals surface area contributed by atoms with E-state index in [1.807, 2.05) is 42.3 Å². The van der Waals surface area contributed by atoms with Crippen molar-refractivity contribution in [2.75, 3.05) is 26.9 Å². The van der Waals surface area contributed by atoms with Gasteiger partial charge in [0.05, 0.1) is 6.42 Å². The van der Waals surface area contributed by atoms with Gasteiger partial charge in [0.15, 0.2) is 11.5 Å². The smallest absolute Gasteiger partial charge is 0.231 e. The Kier molecular flexibility index (Phi) is 5.48. The van der Waals surface area contributed by atoms with E-state index >= 15 is 0 Å². The first kappa shape index (κ1) is 18.7. The van der Waals surface area contributed by atoms with Crippen molar-refractivity contribution in [1.82, 2.24) is 9.80 Å². The van der Waals surface area contributed by atoms with Gasteiger partial charge in [-0.1, -0.05) is 24.3 Å². The monoisotopic (exact) mass is 384 g/mol. The summed E-state index contributed by atoms with van der Waals surface area (Å²) in [5.74, 6) is 1.33. The largest absolute Gasteiger partial charge is 0.454 e. The number of likely N-dealkylation sites (N-methyl/N-ethyl adjacent to an activating group) is 1. The highest BCUT2D eigenvalue weighted by atomic mass is 19.1. The van der Waals surface area contributed by atoms with Crippen LogP contribution in [0.15, 0.2) is 42.5 Å². The molecule has 28 heavy (non-hydrogen) atoms. The zero-order valence-electron chi connectivity index (χ0n) is 16.1. The number of halogens is 1. The van der Waals surface area contributed by atoms with E-state index in [4.69, 9.17) is 9.47 Å². The highest BCUT2D eigenvalue weighted by molar-refractivity contribution is 5.79. The van der Waals surface area contributed by atoms with Crippen LogP contribution in [0, 0.1) is 5.82 Å². The van der Waals surface area contributed by atoms with Gasteiger partial charge in [-0.2, -0.15) is 0 Å². The molecule has 1 saturated heterocycles. The SMILES string of the molecule is CN(C(=O)Cc1ccc2c(c1)OCO2)[C@@H]1CCCN(Cc2ccccc2F)C1. The molecule has 2 aromatic rings. The summed E-state index contributed by atoms with van der Waals surface area (Å²) in [6, 6.07) is 12.7. The number of ether oxygens (including phenoxy) is 2. The van der Waals surface area contributed by atoms with E-state index in [0.717, 1.165) is 37.2 Å². The van der Waals surface area contributed by atoms with Gasteiger partial charge in [-0.3, -0.25) is 9.69 Å². The van der Waals surface area contributed by atoms with Crippen LogP contribution in [0.3, 0.4) is 0 Å². The van der Waals surface area contributed by atoms with Crippen LogP contribution in [0.1, 0.15) is 24.0 Å². The van der Waals surface area contributed by atoms with Crippen LogP contribution in [-0.4, -0.2) is 48.7 Å². The third kappa shape index (κ3) is 4.12. The number of carbonyl (C=O) groups is 1. The maximum atomic E-state index is 14.0. The molecule has 2 aliphatic heterocycles. The summed E-state index contributed by atoms with van der Waals surface area (Å²) in [7, 11) is 1.87. The minimum Gasteiger partial charge on any atom is -0.454 e. The molecule has 1 atom stereocenters. The fraction of sp³-hybridized carbons (Fsp3) is 0.409. The standard InChI is InChI=1S/C22H25FN2O3/c1-24(22(26)12-16-8-9-20-21(11-16)28-15-27-20)18-6-4-10-25(14-18)13-17-5-2-3-7-19(17)23/h2-3,5,7-9,11,18H,4,6,10,12-15H2,1H3/t18-/m1/s1. The van der Waals surface area contributed by atoms with Crippen LogP contribution in [-0.2, 0) is 17.8 Å². The van der Waals surface area contributed by atoms with Crippen molar-refractivity contribution in [2.24, 2.45) is 0 Å². The molecule has 0 radical (unpaired) electrons. The lowest BCUT2D eigenvalue weighted by molar-refractivity contribution is -0.132. The highest BCUT2D eigenvalue weighted by Crippen LogP contribution is 2.32. The summed E-state index contributed by atoms with van der Waals surface area (Å²) in [5.41, 5.74) is 1.62. The third-order valence-corrected chi connectivity index (χ3v) is 5.57. The number of rotatable bonds is 5. The Morgan fingerprint density at radius 2 is 2.04 bits per heavy atom. The van der Waals surface area contributed by atoms with Gasteiger partial charge in [-0.25, -0.2) is 4.39 Å². The van der Waals surface area contributed by atoms with Gasteiger partial charge < -0.3 is 14.4 Å². The summed E-state index contributed by atoms with van der Waals surface area (Å²) in [6.07, 6.45) is 2.30. The van der Waals surface area contributed by atoms with Crippen molar-refractivity contribution in [2.45, 2.75) is 31.8 Å². The van der Waals surface area contributed by atoms with Gasteiger partial charge in [0, 0.05) is 31.7 Å². The molecule has 0 aromatic heterocycles. The van der Waals surface area contributed by atoms with Gasteiger partial charge in [0.1, 0.15) is 5.82 Å². The molecular formula is C22H25FN2O3. The van der Waals surface area contributed by atoms with Crippen molar-refractivity contribution in [1.29, 1.82) is 0 Å². The number of benzene rings is 2. The van der Waals surface area contributed by atoms with Crippen LogP contribution in [0.25, 0.3) is 0 Å². The van der Waals surface area contributed by atoms with Gasteiger partial charge in [0.25, 0.3) is 0 Å². The Labute approximate surface area is 164 Å². The number of piperidine rings is 1. The van der Waals surface area contributed by atoms with Gasteiger partial charge >= 0.3 is 0 Å². The van der Waals surface area contributed by atoms with Crippen LogP contribution in [0.5, 0.6) is 11.5 Å². The Balaban J connectivity index is 1.36. The Morgan fingerprint density at radius 3 is 2.89 bits per heavy atom. The molecule has 0 bridgehead atoms. The molecule has 1 fully saturated rings. The fourth-order valence-electron chi connectivity index (χ4n) is 3.91. The number of hydrogen-bond donors (Lipinski definition) is 0. The van der Waals surface area contributed by atoms with E-state index in [9.17, 15) is 9.18 Å². The summed E-state index contributed by atoms with van der Waals surface area (Å²) in [6.45, 7) is 2.49. The number of hydrogen-bond acceptors (Lipinski definition) is 4. The minimum absolute atomic E-state index is 0.0802. The molecular weight excluding hydrogens is 359 g/mol. The topological polar surface area (TPSA) is 42.0 Å². The fourth-order valence-corrected chi connectivity index (χ4v) is 3.91. The highest BCUT2D eigenvalue weighted by Gasteiger charge is 2.27. The molecule has 0 N–H and O–H groups in total. The lowest BCUT2D eigenvalue weighted by Crippen LogP contribution is -2.48. The van der Waals surface area contributed by atoms with Crippen LogP contribution >= 0.6 is 0 Å². The molecule has 2 aromatic carbocycles. The Bertz CT molecular complexity index is 857. The second kappa shape index (κ2) is 8.19. The van der Waals surface area contributed by atoms with Gasteiger partial charge in [-0.05, 0) is 43.1 Å². The summed E-state index contributed by atoms with van der Waals surface area (Å²) < 4.78 is 24.7. The molecule has 4 rings (SSSR count). The zero-order valence-corrected chi connectivity index (χ0v) is 16.1. The second-order valence-corrected chi connectivity index (χ2v) is 7.49. The maximum Gasteiger partial charge on any atom is 0.231 e. The lowest BCUT2D eigenvalue weighted by Gasteiger charge is -2.37. The molecule has 1 amide bonds. The second-order valence-electron chi connectivity index (χ2n) is 7.49. The quantitative estimate of drug-likeness (QED) is 0.794. The molecule has 0 spiro atoms. The van der Waals surface area contributed by atoms with Crippen molar-refractivity contribution in [3.63, 3.8) is 0 Å². The first-order valence-corrected chi connectivity index (χ1v) is 9.70. The third-order valence-electron chi connectivity index (χ3n) is 5.57. The van der Waals surface area contributed by atoms with Crippen LogP contribution in [0.4, 0.5) is 4.39 Å². The summed E-state index contributed by atoms with van der Waals surface area (Å²) in [4.78, 5) is 16.9. The zero-order chi connectivity index (χ0) is 19.5. The summed E-state index contributed by atoms with van der Waals surface area (Å²) >= 11 is 0. The van der Waals surface area contributed by atoms with Crippen LogP contribution < -0.4 is 9.47 Å². The van der Waals surface area contributed by atoms with Gasteiger partial charge in [0.2, 0.25) is 12.7 Å². The average Bonchev–Trinajstić information content (AvgIpc) is 3.17. The molecule has 0 unspecified atom stereocenters. The molecule has 5 nitrogen and oxygen atoms in total. The predicted molar refractivity (Wildman–Crippen MR) is 104 cm³/mol. The molecule has 0 saturated carbocycles. The molecule has 0 aliphatic carbocycles. The number of fused-ring (bicyclic) bond motifs is 1. The van der Waals surface area contributed by atoms with E-state index in [-0.39, 0.29) is 24.6 Å². The Hall–Kier alpha value is -2.60. The van der Waals surface area contributed by atoms with Crippen molar-refractivity contribution in [3.05, 3.63) is 59.4 Å². The van der Waals surface area contributed by atoms with E-state index in [1.165, 1.54) is 6.07 Å². The van der Waals surface area contributed by atoms with Crippen LogP contribution in [0.2, 0.25) is 0 Å². The van der Waals surface area contributed by atoms with Crippen molar-refractivity contribution in [3.8, 4) is 11.5 Å². The summed E-state index contributed by atoms with van der Waals surface area (Å²) in [5, 5.41) is 0. The normalized spacial score (nSPS) is 18.9. The molecule has 2 aliphatic rings. The van der Waals surface area contributed by atoms with E-state index in [2.05, 4.69) is 4.90 Å². The lowest BCUT2D eigenvalue weighted by atomic mass is 10.0. The average molecular weight is 384 g/mol. The molecule has 6 heteroatoms. The number of likely N-dealkylation sites (tertiary alicyclic amines) is 1. The number of nitrogens with zero attached hydrogens (tertiary/aromatic N) is 2. The minimum atomic E-state index is -0.170. The van der Waals surface area contributed by atoms with Crippen molar-refractivity contribution < 1.29 is 18.7 Å².